The van der Waals surface area contributed by atoms with E-state index in [0.29, 0.717) is 18.0 Å². The van der Waals surface area contributed by atoms with Gasteiger partial charge in [-0.15, -0.1) is 5.10 Å². The molecule has 1 aliphatic heterocycles. The lowest BCUT2D eigenvalue weighted by Crippen LogP contribution is -2.27. The Morgan fingerprint density at radius 1 is 1.13 bits per heavy atom. The van der Waals surface area contributed by atoms with Crippen LogP contribution in [0.4, 0.5) is 17.5 Å². The lowest BCUT2D eigenvalue weighted by atomic mass is 9.96. The molecule has 4 rings (SSSR count). The average molecular weight is 309 g/mol. The highest BCUT2D eigenvalue weighted by Crippen LogP contribution is 2.37. The van der Waals surface area contributed by atoms with Crippen molar-refractivity contribution in [1.82, 2.24) is 15.2 Å². The van der Waals surface area contributed by atoms with E-state index in [-0.39, 0.29) is 0 Å². The van der Waals surface area contributed by atoms with Gasteiger partial charge in [-0.2, -0.15) is 10.1 Å². The van der Waals surface area contributed by atoms with Crippen LogP contribution in [0.15, 0.2) is 30.5 Å². The van der Waals surface area contributed by atoms with Gasteiger partial charge in [0.2, 0.25) is 5.95 Å². The molecule has 23 heavy (non-hydrogen) atoms. The summed E-state index contributed by atoms with van der Waals surface area (Å²) in [6.45, 7) is 2.23. The van der Waals surface area contributed by atoms with Gasteiger partial charge in [-0.05, 0) is 37.8 Å². The quantitative estimate of drug-likeness (QED) is 0.937. The number of nitrogens with one attached hydrogen (secondary N) is 1. The summed E-state index contributed by atoms with van der Waals surface area (Å²) in [7, 11) is 0. The smallest absolute Gasteiger partial charge is 0.244 e. The second-order valence-electron chi connectivity index (χ2n) is 6.67. The zero-order valence-electron chi connectivity index (χ0n) is 13.6. The van der Waals surface area contributed by atoms with Crippen molar-refractivity contribution in [3.63, 3.8) is 0 Å². The second kappa shape index (κ2) is 6.14. The molecule has 1 saturated carbocycles. The molecule has 1 unspecified atom stereocenters. The molecule has 1 N–H and O–H groups in total. The Hall–Kier alpha value is -2.17. The monoisotopic (exact) mass is 309 g/mol. The van der Waals surface area contributed by atoms with Crippen LogP contribution in [0.2, 0.25) is 0 Å². The minimum atomic E-state index is 0.395. The highest BCUT2D eigenvalue weighted by atomic mass is 15.3. The fraction of sp³-hybridized carbons (Fsp3) is 0.500. The zero-order valence-corrected chi connectivity index (χ0v) is 13.6. The molecule has 1 aromatic heterocycles. The van der Waals surface area contributed by atoms with Gasteiger partial charge in [0.05, 0.1) is 6.20 Å². The largest absolute Gasteiger partial charge is 0.350 e. The highest BCUT2D eigenvalue weighted by molar-refractivity contribution is 5.68. The fourth-order valence-corrected chi connectivity index (χ4v) is 3.82. The maximum absolute atomic E-state index is 4.74. The Kier molecular flexibility index (Phi) is 3.85. The standard InChI is InChI=1S/C18H23N5/c1-13-11-14-7-5-6-10-16(14)23(13)17-12-19-22-18(21-17)20-15-8-3-2-4-9-15/h5-7,10,12-13,15H,2-4,8-9,11H2,1H3,(H,20,21,22). The number of hydrogen-bond donors (Lipinski definition) is 1. The summed E-state index contributed by atoms with van der Waals surface area (Å²) in [4.78, 5) is 7.01. The Bertz CT molecular complexity index is 681. The lowest BCUT2D eigenvalue weighted by Gasteiger charge is -2.25. The lowest BCUT2D eigenvalue weighted by molar-refractivity contribution is 0.460. The van der Waals surface area contributed by atoms with Gasteiger partial charge in [-0.25, -0.2) is 0 Å². The van der Waals surface area contributed by atoms with Crippen LogP contribution in [0.5, 0.6) is 0 Å². The molecule has 1 fully saturated rings. The summed E-state index contributed by atoms with van der Waals surface area (Å²) in [6.07, 6.45) is 9.16. The van der Waals surface area contributed by atoms with Crippen molar-refractivity contribution >= 4 is 17.5 Å². The molecule has 5 nitrogen and oxygen atoms in total. The van der Waals surface area contributed by atoms with Gasteiger partial charge in [-0.3, -0.25) is 0 Å². The number of nitrogens with zero attached hydrogens (tertiary/aromatic N) is 4. The second-order valence-corrected chi connectivity index (χ2v) is 6.67. The van der Waals surface area contributed by atoms with E-state index in [2.05, 4.69) is 51.6 Å². The van der Waals surface area contributed by atoms with Gasteiger partial charge in [0.15, 0.2) is 5.82 Å². The minimum Gasteiger partial charge on any atom is -0.350 e. The SMILES string of the molecule is CC1Cc2ccccc2N1c1cnnc(NC2CCCCC2)n1. The predicted octanol–water partition coefficient (Wildman–Crippen LogP) is 3.70. The first-order valence-electron chi connectivity index (χ1n) is 8.64. The summed E-state index contributed by atoms with van der Waals surface area (Å²) in [5.74, 6) is 1.54. The molecular weight excluding hydrogens is 286 g/mol. The number of anilines is 3. The molecule has 1 aromatic carbocycles. The molecule has 2 aliphatic rings. The Morgan fingerprint density at radius 3 is 2.83 bits per heavy atom. The van der Waals surface area contributed by atoms with Gasteiger partial charge in [0, 0.05) is 17.8 Å². The van der Waals surface area contributed by atoms with Gasteiger partial charge in [0.25, 0.3) is 0 Å². The van der Waals surface area contributed by atoms with E-state index in [0.717, 1.165) is 12.2 Å². The Balaban J connectivity index is 1.58. The predicted molar refractivity (Wildman–Crippen MR) is 92.1 cm³/mol. The van der Waals surface area contributed by atoms with Crippen molar-refractivity contribution in [1.29, 1.82) is 0 Å². The number of benzene rings is 1. The maximum Gasteiger partial charge on any atom is 0.244 e. The highest BCUT2D eigenvalue weighted by Gasteiger charge is 2.28. The molecule has 0 bridgehead atoms. The summed E-state index contributed by atoms with van der Waals surface area (Å²) >= 11 is 0. The fourth-order valence-electron chi connectivity index (χ4n) is 3.82. The first-order valence-corrected chi connectivity index (χ1v) is 8.64. The van der Waals surface area contributed by atoms with Crippen LogP contribution >= 0.6 is 0 Å². The van der Waals surface area contributed by atoms with Crippen molar-refractivity contribution in [3.05, 3.63) is 36.0 Å². The summed E-state index contributed by atoms with van der Waals surface area (Å²) < 4.78 is 0. The molecule has 0 saturated heterocycles. The van der Waals surface area contributed by atoms with Crippen LogP contribution in [-0.4, -0.2) is 27.3 Å². The molecular formula is C18H23N5. The number of aromatic nitrogens is 3. The van der Waals surface area contributed by atoms with Gasteiger partial charge < -0.3 is 10.2 Å². The van der Waals surface area contributed by atoms with E-state index in [1.54, 1.807) is 6.20 Å². The summed E-state index contributed by atoms with van der Waals surface area (Å²) in [6, 6.07) is 9.43. The minimum absolute atomic E-state index is 0.395. The first-order chi connectivity index (χ1) is 11.3. The van der Waals surface area contributed by atoms with Gasteiger partial charge in [0.1, 0.15) is 0 Å². The Morgan fingerprint density at radius 2 is 1.96 bits per heavy atom. The van der Waals surface area contributed by atoms with Gasteiger partial charge in [-0.1, -0.05) is 37.5 Å². The van der Waals surface area contributed by atoms with E-state index in [4.69, 9.17) is 4.98 Å². The van der Waals surface area contributed by atoms with E-state index in [1.807, 2.05) is 0 Å². The van der Waals surface area contributed by atoms with Crippen LogP contribution in [-0.2, 0) is 6.42 Å². The van der Waals surface area contributed by atoms with Gasteiger partial charge >= 0.3 is 0 Å². The molecule has 0 radical (unpaired) electrons. The third kappa shape index (κ3) is 2.87. The van der Waals surface area contributed by atoms with Crippen LogP contribution in [0.3, 0.4) is 0 Å². The molecule has 2 heterocycles. The number of para-hydroxylation sites is 1. The van der Waals surface area contributed by atoms with Crippen LogP contribution in [0, 0.1) is 0 Å². The number of rotatable bonds is 3. The zero-order chi connectivity index (χ0) is 15.6. The normalized spacial score (nSPS) is 21.3. The molecule has 1 atom stereocenters. The Labute approximate surface area is 137 Å². The topological polar surface area (TPSA) is 53.9 Å². The summed E-state index contributed by atoms with van der Waals surface area (Å²) in [5, 5.41) is 11.8. The van der Waals surface area contributed by atoms with Crippen molar-refractivity contribution in [2.24, 2.45) is 0 Å². The molecule has 1 aliphatic carbocycles. The van der Waals surface area contributed by atoms with Crippen molar-refractivity contribution in [3.8, 4) is 0 Å². The third-order valence-corrected chi connectivity index (χ3v) is 4.94. The van der Waals surface area contributed by atoms with Crippen LogP contribution in [0.25, 0.3) is 0 Å². The average Bonchev–Trinajstić information content (AvgIpc) is 2.92. The van der Waals surface area contributed by atoms with Crippen molar-refractivity contribution < 1.29 is 0 Å². The van der Waals surface area contributed by atoms with E-state index < -0.39 is 0 Å². The third-order valence-electron chi connectivity index (χ3n) is 4.94. The van der Waals surface area contributed by atoms with E-state index in [9.17, 15) is 0 Å². The van der Waals surface area contributed by atoms with Crippen LogP contribution in [0.1, 0.15) is 44.6 Å². The summed E-state index contributed by atoms with van der Waals surface area (Å²) in [5.41, 5.74) is 2.62. The molecule has 0 amide bonds. The van der Waals surface area contributed by atoms with Crippen molar-refractivity contribution in [2.75, 3.05) is 10.2 Å². The molecule has 120 valence electrons. The molecule has 2 aromatic rings. The molecule has 0 spiro atoms. The van der Waals surface area contributed by atoms with E-state index >= 15 is 0 Å². The van der Waals surface area contributed by atoms with Crippen LogP contribution < -0.4 is 10.2 Å². The number of hydrogen-bond acceptors (Lipinski definition) is 5. The molecule has 5 heteroatoms. The number of fused-ring (bicyclic) bond motifs is 1. The van der Waals surface area contributed by atoms with E-state index in [1.165, 1.54) is 43.4 Å². The maximum atomic E-state index is 4.74. The first kappa shape index (κ1) is 14.4. The van der Waals surface area contributed by atoms with Crippen molar-refractivity contribution in [2.45, 2.75) is 57.5 Å².